The first-order valence-corrected chi connectivity index (χ1v) is 3.92. The topological polar surface area (TPSA) is 85.6 Å². The zero-order valence-corrected chi connectivity index (χ0v) is 6.60. The number of hydrogen-bond acceptors (Lipinski definition) is 3. The Labute approximate surface area is 70.4 Å². The summed E-state index contributed by atoms with van der Waals surface area (Å²) in [4.78, 5) is 10.4. The van der Waals surface area contributed by atoms with Crippen molar-refractivity contribution in [2.24, 2.45) is 0 Å². The Balaban J connectivity index is 2.96. The van der Waals surface area contributed by atoms with Crippen LogP contribution in [-0.2, 0) is 11.3 Å². The number of carboxylic acid groups (broad SMARTS) is 1. The lowest BCUT2D eigenvalue weighted by atomic mass is 10.7. The third kappa shape index (κ3) is 1.63. The van der Waals surface area contributed by atoms with Crippen LogP contribution in [0.25, 0.3) is 0 Å². The molecule has 7 heteroatoms. The molecule has 0 aliphatic heterocycles. The SMILES string of the molecule is O=C(O)N(n1cccc1)S(=O)[O-]. The molecule has 1 N–H and O–H groups in total. The van der Waals surface area contributed by atoms with Crippen LogP contribution in [0.1, 0.15) is 0 Å². The summed E-state index contributed by atoms with van der Waals surface area (Å²) in [5.74, 6) is 0. The Morgan fingerprint density at radius 1 is 1.50 bits per heavy atom. The molecule has 0 bridgehead atoms. The number of aromatic nitrogens is 1. The molecule has 0 saturated carbocycles. The van der Waals surface area contributed by atoms with E-state index >= 15 is 0 Å². The van der Waals surface area contributed by atoms with E-state index in [4.69, 9.17) is 5.11 Å². The summed E-state index contributed by atoms with van der Waals surface area (Å²) in [5, 5.41) is 8.43. The summed E-state index contributed by atoms with van der Waals surface area (Å²) in [6.07, 6.45) is 1.06. The minimum Gasteiger partial charge on any atom is -0.754 e. The van der Waals surface area contributed by atoms with Gasteiger partial charge in [-0.05, 0) is 12.1 Å². The molecule has 0 spiro atoms. The summed E-state index contributed by atoms with van der Waals surface area (Å²) in [6.45, 7) is 0. The van der Waals surface area contributed by atoms with E-state index in [0.29, 0.717) is 0 Å². The van der Waals surface area contributed by atoms with Crippen LogP contribution in [0.2, 0.25) is 0 Å². The lowest BCUT2D eigenvalue weighted by molar-refractivity contribution is 0.200. The number of carbonyl (C=O) groups is 1. The molecule has 1 aromatic heterocycles. The predicted molar refractivity (Wildman–Crippen MR) is 39.6 cm³/mol. The Kier molecular flexibility index (Phi) is 2.46. The van der Waals surface area contributed by atoms with Gasteiger partial charge in [0.15, 0.2) is 0 Å². The summed E-state index contributed by atoms with van der Waals surface area (Å²) in [5.41, 5.74) is 0. The molecule has 66 valence electrons. The van der Waals surface area contributed by atoms with Crippen LogP contribution in [0, 0.1) is 0 Å². The molecule has 1 atom stereocenters. The summed E-state index contributed by atoms with van der Waals surface area (Å²) < 4.78 is 21.8. The van der Waals surface area contributed by atoms with Gasteiger partial charge in [0.25, 0.3) is 0 Å². The smallest absolute Gasteiger partial charge is 0.438 e. The van der Waals surface area contributed by atoms with Crippen molar-refractivity contribution in [2.45, 2.75) is 0 Å². The van der Waals surface area contributed by atoms with Gasteiger partial charge in [0.1, 0.15) is 0 Å². The second-order valence-electron chi connectivity index (χ2n) is 1.84. The van der Waals surface area contributed by atoms with E-state index in [-0.39, 0.29) is 4.41 Å². The second-order valence-corrected chi connectivity index (χ2v) is 2.62. The van der Waals surface area contributed by atoms with Crippen molar-refractivity contribution >= 4 is 17.4 Å². The average Bonchev–Trinajstić information content (AvgIpc) is 2.37. The van der Waals surface area contributed by atoms with Crippen molar-refractivity contribution in [3.05, 3.63) is 24.5 Å². The Bertz CT molecular complexity index is 282. The van der Waals surface area contributed by atoms with Gasteiger partial charge < -0.3 is 9.66 Å². The van der Waals surface area contributed by atoms with Crippen LogP contribution >= 0.6 is 0 Å². The zero-order valence-electron chi connectivity index (χ0n) is 5.78. The van der Waals surface area contributed by atoms with E-state index < -0.39 is 17.4 Å². The van der Waals surface area contributed by atoms with Crippen molar-refractivity contribution in [1.29, 1.82) is 0 Å². The molecule has 1 heterocycles. The van der Waals surface area contributed by atoms with Gasteiger partial charge in [-0.25, -0.2) is 9.00 Å². The molecule has 0 radical (unpaired) electrons. The maximum absolute atomic E-state index is 10.4. The number of amides is 1. The highest BCUT2D eigenvalue weighted by Crippen LogP contribution is 1.96. The summed E-state index contributed by atoms with van der Waals surface area (Å²) in [7, 11) is 0. The zero-order chi connectivity index (χ0) is 9.14. The average molecular weight is 189 g/mol. The van der Waals surface area contributed by atoms with Crippen LogP contribution < -0.4 is 4.41 Å². The van der Waals surface area contributed by atoms with Crippen LogP contribution in [0.3, 0.4) is 0 Å². The molecule has 0 aliphatic rings. The normalized spacial score (nSPS) is 12.4. The summed E-state index contributed by atoms with van der Waals surface area (Å²) in [6, 6.07) is 3.03. The van der Waals surface area contributed by atoms with Gasteiger partial charge in [-0.15, -0.1) is 4.41 Å². The van der Waals surface area contributed by atoms with E-state index in [9.17, 15) is 13.6 Å². The Hall–Kier alpha value is -1.34. The molecule has 1 aromatic rings. The lowest BCUT2D eigenvalue weighted by Gasteiger charge is -2.21. The van der Waals surface area contributed by atoms with Gasteiger partial charge in [-0.1, -0.05) is 0 Å². The van der Waals surface area contributed by atoms with Crippen LogP contribution in [0.5, 0.6) is 0 Å². The van der Waals surface area contributed by atoms with E-state index in [1.54, 1.807) is 0 Å². The van der Waals surface area contributed by atoms with Crippen molar-refractivity contribution in [2.75, 3.05) is 4.41 Å². The van der Waals surface area contributed by atoms with E-state index in [1.165, 1.54) is 24.5 Å². The van der Waals surface area contributed by atoms with Crippen molar-refractivity contribution < 1.29 is 18.7 Å². The first-order valence-electron chi connectivity index (χ1n) is 2.88. The molecule has 1 amide bonds. The van der Waals surface area contributed by atoms with Crippen molar-refractivity contribution in [1.82, 2.24) is 4.68 Å². The third-order valence-electron chi connectivity index (χ3n) is 1.10. The molecule has 0 saturated heterocycles. The quantitative estimate of drug-likeness (QED) is 0.658. The fourth-order valence-electron chi connectivity index (χ4n) is 0.686. The molecule has 12 heavy (non-hydrogen) atoms. The Morgan fingerprint density at radius 3 is 2.33 bits per heavy atom. The number of hydrogen-bond donors (Lipinski definition) is 1. The van der Waals surface area contributed by atoms with Crippen molar-refractivity contribution in [3.63, 3.8) is 0 Å². The standard InChI is InChI=1S/C5H6N2O4S/c8-5(9)7(12(10)11)6-3-1-2-4-6/h1-4H,(H,8,9)(H,10,11)/p-1. The molecule has 0 aromatic carbocycles. The monoisotopic (exact) mass is 189 g/mol. The maximum Gasteiger partial charge on any atom is 0.438 e. The molecule has 1 unspecified atom stereocenters. The fraction of sp³-hybridized carbons (Fsp3) is 0. The fourth-order valence-corrected chi connectivity index (χ4v) is 1.08. The predicted octanol–water partition coefficient (Wildman–Crippen LogP) is -0.102. The highest BCUT2D eigenvalue weighted by atomic mass is 32.2. The van der Waals surface area contributed by atoms with E-state index in [0.717, 1.165) is 4.68 Å². The van der Waals surface area contributed by atoms with Gasteiger partial charge >= 0.3 is 6.09 Å². The first kappa shape index (κ1) is 8.75. The van der Waals surface area contributed by atoms with Gasteiger partial charge in [-0.2, -0.15) is 0 Å². The van der Waals surface area contributed by atoms with Gasteiger partial charge in [0, 0.05) is 12.4 Å². The molecular weight excluding hydrogens is 184 g/mol. The minimum absolute atomic E-state index is 0.167. The van der Waals surface area contributed by atoms with Crippen LogP contribution in [0.4, 0.5) is 4.79 Å². The number of rotatable bonds is 2. The largest absolute Gasteiger partial charge is 0.754 e. The summed E-state index contributed by atoms with van der Waals surface area (Å²) >= 11 is -2.82. The molecule has 0 aliphatic carbocycles. The highest BCUT2D eigenvalue weighted by Gasteiger charge is 2.12. The van der Waals surface area contributed by atoms with Gasteiger partial charge in [0.05, 0.1) is 11.3 Å². The molecule has 6 nitrogen and oxygen atoms in total. The second kappa shape index (κ2) is 3.37. The van der Waals surface area contributed by atoms with E-state index in [2.05, 4.69) is 0 Å². The first-order chi connectivity index (χ1) is 5.63. The maximum atomic E-state index is 10.4. The minimum atomic E-state index is -2.82. The lowest BCUT2D eigenvalue weighted by Crippen LogP contribution is -2.39. The Morgan fingerprint density at radius 2 is 2.00 bits per heavy atom. The van der Waals surface area contributed by atoms with Crippen LogP contribution in [0.15, 0.2) is 24.5 Å². The van der Waals surface area contributed by atoms with Crippen molar-refractivity contribution in [3.8, 4) is 0 Å². The number of nitrogens with zero attached hydrogens (tertiary/aromatic N) is 2. The molecular formula is C5H5N2O4S-. The van der Waals surface area contributed by atoms with Gasteiger partial charge in [-0.3, -0.25) is 4.68 Å². The van der Waals surface area contributed by atoms with E-state index in [1.807, 2.05) is 0 Å². The van der Waals surface area contributed by atoms with Crippen LogP contribution in [-0.4, -0.2) is 24.6 Å². The van der Waals surface area contributed by atoms with Gasteiger partial charge in [0.2, 0.25) is 0 Å². The third-order valence-corrected chi connectivity index (χ3v) is 1.73. The molecule has 1 rings (SSSR count). The molecule has 0 fully saturated rings. The highest BCUT2D eigenvalue weighted by molar-refractivity contribution is 7.81.